The zero-order chi connectivity index (χ0) is 17.9. The molecule has 0 radical (unpaired) electrons. The summed E-state index contributed by atoms with van der Waals surface area (Å²) in [5.41, 5.74) is 1.91. The molecule has 0 aliphatic rings. The third kappa shape index (κ3) is 2.06. The number of hydrogen-bond acceptors (Lipinski definition) is 5. The van der Waals surface area contributed by atoms with Gasteiger partial charge in [-0.2, -0.15) is 0 Å². The quantitative estimate of drug-likeness (QED) is 0.316. The van der Waals surface area contributed by atoms with Gasteiger partial charge in [-0.15, -0.1) is 0 Å². The zero-order valence-electron chi connectivity index (χ0n) is 13.4. The van der Waals surface area contributed by atoms with Crippen LogP contribution in [0, 0.1) is 17.0 Å². The minimum absolute atomic E-state index is 0.109. The molecule has 0 saturated carbocycles. The molecule has 2 aromatic heterocycles. The Morgan fingerprint density at radius 1 is 1.16 bits per heavy atom. The van der Waals surface area contributed by atoms with E-state index in [1.165, 1.54) is 25.1 Å². The van der Waals surface area contributed by atoms with Crippen molar-refractivity contribution in [3.8, 4) is 0 Å². The predicted octanol–water partition coefficient (Wildman–Crippen LogP) is 3.62. The molecule has 124 valence electrons. The predicted molar refractivity (Wildman–Crippen MR) is 92.3 cm³/mol. The van der Waals surface area contributed by atoms with E-state index in [-0.39, 0.29) is 22.4 Å². The number of carbonyl (C=O) groups is 1. The fourth-order valence-corrected chi connectivity index (χ4v) is 3.11. The normalized spacial score (nSPS) is 11.4. The van der Waals surface area contributed by atoms with Gasteiger partial charge in [0.05, 0.1) is 21.3 Å². The molecule has 0 bridgehead atoms. The van der Waals surface area contributed by atoms with E-state index in [2.05, 4.69) is 0 Å². The topological polar surface area (TPSA) is 94.8 Å². The number of nitro benzene ring substituents is 1. The van der Waals surface area contributed by atoms with Gasteiger partial charge >= 0.3 is 0 Å². The number of non-ortho nitro benzene ring substituents is 1. The average molecular weight is 336 g/mol. The Hall–Kier alpha value is -3.48. The van der Waals surface area contributed by atoms with E-state index in [1.54, 1.807) is 4.40 Å². The highest BCUT2D eigenvalue weighted by atomic mass is 16.6. The highest BCUT2D eigenvalue weighted by Crippen LogP contribution is 2.28. The van der Waals surface area contributed by atoms with E-state index < -0.39 is 16.1 Å². The van der Waals surface area contributed by atoms with Crippen LogP contribution in [0.15, 0.2) is 45.6 Å². The lowest BCUT2D eigenvalue weighted by Gasteiger charge is -2.05. The number of fused-ring (bicyclic) bond motifs is 5. The van der Waals surface area contributed by atoms with Gasteiger partial charge in [-0.1, -0.05) is 6.07 Å². The highest BCUT2D eigenvalue weighted by Gasteiger charge is 2.22. The second-order valence-electron chi connectivity index (χ2n) is 5.93. The van der Waals surface area contributed by atoms with Crippen LogP contribution in [0.5, 0.6) is 0 Å². The number of aromatic nitrogens is 1. The average Bonchev–Trinajstić information content (AvgIpc) is 2.91. The SMILES string of the molecule is CC(=O)c1c(=O)c2cc([N+](=O)[O-])ccc2n2c1oc1cc(C)ccc12. The fraction of sp³-hybridized carbons (Fsp3) is 0.111. The maximum absolute atomic E-state index is 12.8. The van der Waals surface area contributed by atoms with Crippen molar-refractivity contribution in [3.63, 3.8) is 0 Å². The molecular weight excluding hydrogens is 324 g/mol. The number of nitro groups is 1. The molecule has 0 aliphatic carbocycles. The third-order valence-corrected chi connectivity index (χ3v) is 4.24. The lowest BCUT2D eigenvalue weighted by Crippen LogP contribution is -2.16. The summed E-state index contributed by atoms with van der Waals surface area (Å²) in [5.74, 6) is -0.452. The molecule has 0 N–H and O–H groups in total. The van der Waals surface area contributed by atoms with Gasteiger partial charge in [0.2, 0.25) is 11.1 Å². The summed E-state index contributed by atoms with van der Waals surface area (Å²) in [5, 5.41) is 11.2. The van der Waals surface area contributed by atoms with Gasteiger partial charge in [-0.3, -0.25) is 24.1 Å². The Balaban J connectivity index is 2.33. The van der Waals surface area contributed by atoms with E-state index in [1.807, 2.05) is 25.1 Å². The van der Waals surface area contributed by atoms with Crippen molar-refractivity contribution in [2.24, 2.45) is 0 Å². The zero-order valence-corrected chi connectivity index (χ0v) is 13.4. The number of hydrogen-bond donors (Lipinski definition) is 0. The monoisotopic (exact) mass is 336 g/mol. The van der Waals surface area contributed by atoms with Gasteiger partial charge in [0, 0.05) is 12.1 Å². The number of carbonyl (C=O) groups excluding carboxylic acids is 1. The van der Waals surface area contributed by atoms with Crippen molar-refractivity contribution in [3.05, 3.63) is 67.9 Å². The second kappa shape index (κ2) is 5.01. The first-order valence-electron chi connectivity index (χ1n) is 7.55. The number of aryl methyl sites for hydroxylation is 1. The van der Waals surface area contributed by atoms with Crippen LogP contribution in [0.25, 0.3) is 27.7 Å². The number of pyridine rings is 1. The molecule has 0 amide bonds. The molecule has 0 atom stereocenters. The molecule has 7 heteroatoms. The van der Waals surface area contributed by atoms with Crippen LogP contribution in [-0.2, 0) is 0 Å². The van der Waals surface area contributed by atoms with E-state index in [4.69, 9.17) is 4.42 Å². The molecule has 2 heterocycles. The number of rotatable bonds is 2. The first-order valence-corrected chi connectivity index (χ1v) is 7.55. The number of benzene rings is 2. The van der Waals surface area contributed by atoms with Crippen LogP contribution in [0.3, 0.4) is 0 Å². The van der Waals surface area contributed by atoms with Gasteiger partial charge in [0.15, 0.2) is 11.4 Å². The number of ketones is 1. The fourth-order valence-electron chi connectivity index (χ4n) is 3.11. The molecule has 0 unspecified atom stereocenters. The smallest absolute Gasteiger partial charge is 0.270 e. The lowest BCUT2D eigenvalue weighted by molar-refractivity contribution is -0.384. The third-order valence-electron chi connectivity index (χ3n) is 4.24. The van der Waals surface area contributed by atoms with Crippen LogP contribution in [0.1, 0.15) is 22.8 Å². The molecule has 0 aliphatic heterocycles. The largest absolute Gasteiger partial charge is 0.437 e. The van der Waals surface area contributed by atoms with Gasteiger partial charge < -0.3 is 4.42 Å². The number of nitrogens with zero attached hydrogens (tertiary/aromatic N) is 2. The first-order chi connectivity index (χ1) is 11.9. The van der Waals surface area contributed by atoms with Gasteiger partial charge in [-0.25, -0.2) is 0 Å². The van der Waals surface area contributed by atoms with Gasteiger partial charge in [0.25, 0.3) is 5.69 Å². The summed E-state index contributed by atoms with van der Waals surface area (Å²) in [7, 11) is 0. The van der Waals surface area contributed by atoms with Crippen LogP contribution >= 0.6 is 0 Å². The van der Waals surface area contributed by atoms with Crippen LogP contribution in [0.2, 0.25) is 0 Å². The molecule has 7 nitrogen and oxygen atoms in total. The summed E-state index contributed by atoms with van der Waals surface area (Å²) in [6.45, 7) is 3.18. The summed E-state index contributed by atoms with van der Waals surface area (Å²) in [4.78, 5) is 35.3. The maximum Gasteiger partial charge on any atom is 0.270 e. The van der Waals surface area contributed by atoms with E-state index in [0.717, 1.165) is 5.56 Å². The van der Waals surface area contributed by atoms with E-state index >= 15 is 0 Å². The first kappa shape index (κ1) is 15.1. The Labute approximate surface area is 140 Å². The molecule has 0 fully saturated rings. The number of oxazole rings is 1. The van der Waals surface area contributed by atoms with Gasteiger partial charge in [0.1, 0.15) is 5.56 Å². The van der Waals surface area contributed by atoms with Crippen molar-refractivity contribution in [1.82, 2.24) is 4.40 Å². The molecular formula is C18H12N2O5. The molecule has 4 aromatic rings. The summed E-state index contributed by atoms with van der Waals surface area (Å²) >= 11 is 0. The molecule has 25 heavy (non-hydrogen) atoms. The summed E-state index contributed by atoms with van der Waals surface area (Å²) < 4.78 is 7.46. The Bertz CT molecular complexity index is 1280. The maximum atomic E-state index is 12.8. The Kier molecular flexibility index (Phi) is 3.02. The highest BCUT2D eigenvalue weighted by molar-refractivity contribution is 6.05. The Morgan fingerprint density at radius 3 is 2.56 bits per heavy atom. The molecule has 4 rings (SSSR count). The second-order valence-corrected chi connectivity index (χ2v) is 5.93. The molecule has 0 saturated heterocycles. The summed E-state index contributed by atoms with van der Waals surface area (Å²) in [6.07, 6.45) is 0. The van der Waals surface area contributed by atoms with Crippen LogP contribution in [0.4, 0.5) is 5.69 Å². The van der Waals surface area contributed by atoms with Crippen molar-refractivity contribution >= 4 is 39.2 Å². The standard InChI is InChI=1S/C18H12N2O5/c1-9-3-5-14-15(7-9)25-18-16(10(2)21)17(22)12-8-11(20(23)24)4-6-13(12)19(14)18/h3-8H,1-2H3. The molecule has 2 aromatic carbocycles. The Morgan fingerprint density at radius 2 is 1.88 bits per heavy atom. The number of Topliss-reactive ketones (excluding diaryl/α,β-unsaturated/α-hetero) is 1. The van der Waals surface area contributed by atoms with Crippen molar-refractivity contribution in [2.45, 2.75) is 13.8 Å². The van der Waals surface area contributed by atoms with Crippen LogP contribution < -0.4 is 5.43 Å². The summed E-state index contributed by atoms with van der Waals surface area (Å²) in [6, 6.07) is 9.56. The minimum Gasteiger partial charge on any atom is -0.437 e. The van der Waals surface area contributed by atoms with E-state index in [0.29, 0.717) is 16.6 Å². The van der Waals surface area contributed by atoms with E-state index in [9.17, 15) is 19.7 Å². The van der Waals surface area contributed by atoms with Crippen molar-refractivity contribution < 1.29 is 14.1 Å². The van der Waals surface area contributed by atoms with Crippen molar-refractivity contribution in [2.75, 3.05) is 0 Å². The minimum atomic E-state index is -0.571. The van der Waals surface area contributed by atoms with Gasteiger partial charge in [-0.05, 0) is 37.6 Å². The lowest BCUT2D eigenvalue weighted by atomic mass is 10.1. The van der Waals surface area contributed by atoms with Crippen LogP contribution in [-0.4, -0.2) is 15.1 Å². The van der Waals surface area contributed by atoms with Crippen molar-refractivity contribution in [1.29, 1.82) is 0 Å². The molecule has 0 spiro atoms.